The predicted octanol–water partition coefficient (Wildman–Crippen LogP) is 2.15. The maximum Gasteiger partial charge on any atom is 0.243 e. The quantitative estimate of drug-likeness (QED) is 0.573. The van der Waals surface area contributed by atoms with Crippen LogP contribution < -0.4 is 5.32 Å². The van der Waals surface area contributed by atoms with Crippen molar-refractivity contribution in [2.24, 2.45) is 0 Å². The Bertz CT molecular complexity index is 382. The largest absolute Gasteiger partial charge is 0.396 e. The summed E-state index contributed by atoms with van der Waals surface area (Å²) in [5.74, 6) is -0.0903. The summed E-state index contributed by atoms with van der Waals surface area (Å²) in [5.41, 5.74) is 2.32. The molecule has 2 N–H and O–H groups in total. The van der Waals surface area contributed by atoms with Gasteiger partial charge in [0.25, 0.3) is 0 Å². The lowest BCUT2D eigenvalue weighted by Crippen LogP contribution is -2.22. The van der Waals surface area contributed by atoms with Gasteiger partial charge < -0.3 is 10.4 Å². The van der Waals surface area contributed by atoms with E-state index in [1.807, 2.05) is 12.1 Å². The molecule has 0 aliphatic carbocycles. The van der Waals surface area contributed by atoms with Gasteiger partial charge in [0.2, 0.25) is 5.91 Å². The summed E-state index contributed by atoms with van der Waals surface area (Å²) in [7, 11) is 0. The first-order valence-electron chi connectivity index (χ1n) is 6.42. The average Bonchev–Trinajstić information content (AvgIpc) is 2.42. The van der Waals surface area contributed by atoms with Gasteiger partial charge in [-0.25, -0.2) is 0 Å². The van der Waals surface area contributed by atoms with Crippen molar-refractivity contribution >= 4 is 12.0 Å². The number of amides is 1. The van der Waals surface area contributed by atoms with Crippen LogP contribution in [0.15, 0.2) is 30.3 Å². The molecule has 3 heteroatoms. The normalized spacial score (nSPS) is 10.8. The summed E-state index contributed by atoms with van der Waals surface area (Å²) in [6.45, 7) is 2.90. The maximum atomic E-state index is 11.4. The number of aliphatic hydroxyl groups is 1. The Morgan fingerprint density at radius 2 is 2.00 bits per heavy atom. The van der Waals surface area contributed by atoms with Crippen LogP contribution in [-0.4, -0.2) is 24.2 Å². The van der Waals surface area contributed by atoms with Gasteiger partial charge in [-0.15, -0.1) is 0 Å². The Kier molecular flexibility index (Phi) is 6.81. The van der Waals surface area contributed by atoms with Crippen LogP contribution in [0.25, 0.3) is 6.08 Å². The molecule has 1 aromatic carbocycles. The van der Waals surface area contributed by atoms with E-state index in [2.05, 4.69) is 24.4 Å². The number of unbranched alkanes of at least 4 members (excludes halogenated alkanes) is 1. The minimum atomic E-state index is -0.0903. The molecular formula is C15H21NO2. The highest BCUT2D eigenvalue weighted by molar-refractivity contribution is 5.91. The molecule has 0 aliphatic heterocycles. The van der Waals surface area contributed by atoms with E-state index in [1.165, 1.54) is 5.56 Å². The summed E-state index contributed by atoms with van der Waals surface area (Å²) in [6.07, 6.45) is 5.90. The zero-order chi connectivity index (χ0) is 13.2. The number of nitrogens with one attached hydrogen (secondary N) is 1. The van der Waals surface area contributed by atoms with Crippen LogP contribution in [0.3, 0.4) is 0 Å². The van der Waals surface area contributed by atoms with Crippen LogP contribution in [0, 0.1) is 0 Å². The van der Waals surface area contributed by atoms with Crippen molar-refractivity contribution in [1.82, 2.24) is 5.32 Å². The first-order valence-corrected chi connectivity index (χ1v) is 6.42. The Balaban J connectivity index is 2.35. The molecule has 1 aromatic rings. The van der Waals surface area contributed by atoms with Crippen LogP contribution in [0.2, 0.25) is 0 Å². The van der Waals surface area contributed by atoms with Crippen molar-refractivity contribution < 1.29 is 9.90 Å². The van der Waals surface area contributed by atoms with E-state index in [0.29, 0.717) is 6.54 Å². The average molecular weight is 247 g/mol. The third-order valence-electron chi connectivity index (χ3n) is 2.70. The highest BCUT2D eigenvalue weighted by atomic mass is 16.2. The lowest BCUT2D eigenvalue weighted by atomic mass is 10.1. The Hall–Kier alpha value is -1.61. The van der Waals surface area contributed by atoms with E-state index in [1.54, 1.807) is 12.2 Å². The van der Waals surface area contributed by atoms with Crippen molar-refractivity contribution in [3.63, 3.8) is 0 Å². The lowest BCUT2D eigenvalue weighted by Gasteiger charge is -2.00. The van der Waals surface area contributed by atoms with Gasteiger partial charge in [0, 0.05) is 19.2 Å². The fourth-order valence-corrected chi connectivity index (χ4v) is 1.54. The minimum absolute atomic E-state index is 0.0903. The summed E-state index contributed by atoms with van der Waals surface area (Å²) in [4.78, 5) is 11.4. The van der Waals surface area contributed by atoms with E-state index >= 15 is 0 Å². The number of benzene rings is 1. The number of aliphatic hydroxyl groups excluding tert-OH is 1. The minimum Gasteiger partial charge on any atom is -0.396 e. The van der Waals surface area contributed by atoms with Gasteiger partial charge in [0.05, 0.1) is 0 Å². The van der Waals surface area contributed by atoms with Crippen molar-refractivity contribution in [2.45, 2.75) is 26.2 Å². The molecule has 1 amide bonds. The number of carbonyl (C=O) groups excluding carboxylic acids is 1. The van der Waals surface area contributed by atoms with E-state index < -0.39 is 0 Å². The van der Waals surface area contributed by atoms with Crippen LogP contribution in [0.1, 0.15) is 30.9 Å². The first-order chi connectivity index (χ1) is 8.76. The highest BCUT2D eigenvalue weighted by Crippen LogP contribution is 2.06. The third-order valence-corrected chi connectivity index (χ3v) is 2.70. The summed E-state index contributed by atoms with van der Waals surface area (Å²) < 4.78 is 0. The predicted molar refractivity (Wildman–Crippen MR) is 74.2 cm³/mol. The van der Waals surface area contributed by atoms with Crippen LogP contribution in [0.4, 0.5) is 0 Å². The summed E-state index contributed by atoms with van der Waals surface area (Å²) in [5, 5.41) is 11.4. The molecule has 18 heavy (non-hydrogen) atoms. The zero-order valence-electron chi connectivity index (χ0n) is 10.9. The molecular weight excluding hydrogens is 226 g/mol. The second-order valence-corrected chi connectivity index (χ2v) is 4.15. The van der Waals surface area contributed by atoms with Gasteiger partial charge in [-0.2, -0.15) is 0 Å². The molecule has 0 spiro atoms. The maximum absolute atomic E-state index is 11.4. The van der Waals surface area contributed by atoms with E-state index in [4.69, 9.17) is 5.11 Å². The van der Waals surface area contributed by atoms with Crippen LogP contribution in [-0.2, 0) is 11.2 Å². The fourth-order valence-electron chi connectivity index (χ4n) is 1.54. The van der Waals surface area contributed by atoms with E-state index in [0.717, 1.165) is 24.8 Å². The van der Waals surface area contributed by atoms with Crippen LogP contribution >= 0.6 is 0 Å². The molecule has 1 rings (SSSR count). The number of hydrogen-bond donors (Lipinski definition) is 2. The Morgan fingerprint density at radius 3 is 2.61 bits per heavy atom. The van der Waals surface area contributed by atoms with Gasteiger partial charge in [-0.1, -0.05) is 31.2 Å². The molecule has 0 atom stereocenters. The molecule has 0 radical (unpaired) electrons. The topological polar surface area (TPSA) is 49.3 Å². The number of aryl methyl sites for hydroxylation is 1. The molecule has 0 fully saturated rings. The van der Waals surface area contributed by atoms with Gasteiger partial charge >= 0.3 is 0 Å². The summed E-state index contributed by atoms with van der Waals surface area (Å²) >= 11 is 0. The molecule has 0 bridgehead atoms. The molecule has 0 saturated heterocycles. The smallest absolute Gasteiger partial charge is 0.243 e. The second kappa shape index (κ2) is 8.48. The van der Waals surface area contributed by atoms with E-state index in [-0.39, 0.29) is 12.5 Å². The Morgan fingerprint density at radius 1 is 1.28 bits per heavy atom. The van der Waals surface area contributed by atoms with Crippen molar-refractivity contribution in [2.75, 3.05) is 13.2 Å². The van der Waals surface area contributed by atoms with Gasteiger partial charge in [0.1, 0.15) is 0 Å². The highest BCUT2D eigenvalue weighted by Gasteiger charge is 1.95. The van der Waals surface area contributed by atoms with Gasteiger partial charge in [-0.3, -0.25) is 4.79 Å². The third kappa shape index (κ3) is 5.64. The molecule has 0 unspecified atom stereocenters. The molecule has 0 saturated carbocycles. The summed E-state index contributed by atoms with van der Waals surface area (Å²) in [6, 6.07) is 8.15. The standard InChI is InChI=1S/C15H21NO2/c1-2-13-5-7-14(8-6-13)9-10-15(18)16-11-3-4-12-17/h5-10,17H,2-4,11-12H2,1H3,(H,16,18)/b10-9+. The Labute approximate surface area is 109 Å². The SMILES string of the molecule is CCc1ccc(/C=C/C(=O)NCCCCO)cc1. The van der Waals surface area contributed by atoms with Gasteiger partial charge in [0.15, 0.2) is 0 Å². The van der Waals surface area contributed by atoms with Crippen molar-refractivity contribution in [3.8, 4) is 0 Å². The monoisotopic (exact) mass is 247 g/mol. The number of carbonyl (C=O) groups is 1. The number of rotatable bonds is 7. The molecule has 0 aliphatic rings. The number of hydrogen-bond acceptors (Lipinski definition) is 2. The van der Waals surface area contributed by atoms with Crippen molar-refractivity contribution in [3.05, 3.63) is 41.5 Å². The van der Waals surface area contributed by atoms with E-state index in [9.17, 15) is 4.79 Å². The molecule has 3 nitrogen and oxygen atoms in total. The second-order valence-electron chi connectivity index (χ2n) is 4.15. The fraction of sp³-hybridized carbons (Fsp3) is 0.400. The lowest BCUT2D eigenvalue weighted by molar-refractivity contribution is -0.116. The zero-order valence-corrected chi connectivity index (χ0v) is 10.9. The first kappa shape index (κ1) is 14.5. The van der Waals surface area contributed by atoms with Gasteiger partial charge in [-0.05, 0) is 36.5 Å². The molecule has 98 valence electrons. The van der Waals surface area contributed by atoms with Crippen molar-refractivity contribution in [1.29, 1.82) is 0 Å². The van der Waals surface area contributed by atoms with Crippen LogP contribution in [0.5, 0.6) is 0 Å². The molecule has 0 heterocycles. The molecule has 0 aromatic heterocycles.